The van der Waals surface area contributed by atoms with Crippen LogP contribution in [0.4, 0.5) is 0 Å². The molecule has 2 heterocycles. The number of rotatable bonds is 1. The molecule has 0 radical (unpaired) electrons. The summed E-state index contributed by atoms with van der Waals surface area (Å²) >= 11 is 0. The number of β-lactam (4-membered cyclic amide) rings is 1. The van der Waals surface area contributed by atoms with Gasteiger partial charge in [-0.3, -0.25) is 4.79 Å². The first kappa shape index (κ1) is 12.0. The van der Waals surface area contributed by atoms with Crippen molar-refractivity contribution in [3.05, 3.63) is 0 Å². The van der Waals surface area contributed by atoms with Crippen LogP contribution in [0.25, 0.3) is 0 Å². The van der Waals surface area contributed by atoms with Crippen molar-refractivity contribution in [3.63, 3.8) is 0 Å². The molecule has 0 aromatic carbocycles. The van der Waals surface area contributed by atoms with Crippen LogP contribution >= 0.6 is 0 Å². The number of aliphatic carboxylic acids is 1. The number of nitrogens with zero attached hydrogens (tertiary/aromatic N) is 1. The van der Waals surface area contributed by atoms with Crippen LogP contribution in [0.2, 0.25) is 0 Å². The van der Waals surface area contributed by atoms with Gasteiger partial charge in [0.2, 0.25) is 5.91 Å². The molecule has 0 aliphatic carbocycles. The number of fused-ring (bicyclic) bond motifs is 1. The number of carbonyl (C=O) groups excluding carboxylic acids is 2. The Labute approximate surface area is 104 Å². The van der Waals surface area contributed by atoms with Crippen LogP contribution in [0.3, 0.4) is 0 Å². The summed E-state index contributed by atoms with van der Waals surface area (Å²) in [6.07, 6.45) is -0.0712. The van der Waals surface area contributed by atoms with Gasteiger partial charge >= 0.3 is 29.6 Å². The van der Waals surface area contributed by atoms with Crippen molar-refractivity contribution >= 4 is 11.9 Å². The fourth-order valence-corrected chi connectivity index (χ4v) is 1.96. The summed E-state index contributed by atoms with van der Waals surface area (Å²) in [5.41, 5.74) is -0.838. The smallest absolute Gasteiger partial charge is 0.548 e. The molecule has 0 saturated carbocycles. The van der Waals surface area contributed by atoms with Gasteiger partial charge in [-0.2, -0.15) is 0 Å². The molecule has 0 aromatic rings. The molecule has 5 nitrogen and oxygen atoms in total. The van der Waals surface area contributed by atoms with E-state index in [-0.39, 0.29) is 48.1 Å². The number of carbonyl (C=O) groups is 2. The molecule has 2 rings (SSSR count). The molecule has 14 heavy (non-hydrogen) atoms. The molecule has 0 aromatic heterocycles. The first-order valence-electron chi connectivity index (χ1n) is 4.13. The van der Waals surface area contributed by atoms with Crippen LogP contribution in [0.15, 0.2) is 0 Å². The minimum atomic E-state index is -1.25. The Morgan fingerprint density at radius 2 is 2.21 bits per heavy atom. The Balaban J connectivity index is 0.000000980. The van der Waals surface area contributed by atoms with E-state index in [9.17, 15) is 14.7 Å². The molecule has 6 heteroatoms. The maximum Gasteiger partial charge on any atom is 1.00 e. The molecular weight excluding hydrogens is 197 g/mol. The fraction of sp³-hybridized carbons (Fsp3) is 0.750. The van der Waals surface area contributed by atoms with E-state index >= 15 is 0 Å². The zero-order valence-corrected chi connectivity index (χ0v) is 10.4. The zero-order chi connectivity index (χ0) is 9.80. The number of carboxylic acids is 1. The molecule has 2 fully saturated rings. The number of amides is 1. The Kier molecular flexibility index (Phi) is 2.98. The van der Waals surface area contributed by atoms with E-state index < -0.39 is 17.6 Å². The maximum atomic E-state index is 11.1. The predicted octanol–water partition coefficient (Wildman–Crippen LogP) is -4.52. The minimum absolute atomic E-state index is 0. The molecule has 0 bridgehead atoms. The van der Waals surface area contributed by atoms with E-state index in [1.54, 1.807) is 13.8 Å². The summed E-state index contributed by atoms with van der Waals surface area (Å²) in [7, 11) is 0. The van der Waals surface area contributed by atoms with Crippen LogP contribution in [0.1, 0.15) is 20.3 Å². The van der Waals surface area contributed by atoms with E-state index in [4.69, 9.17) is 4.74 Å². The summed E-state index contributed by atoms with van der Waals surface area (Å²) < 4.78 is 5.38. The van der Waals surface area contributed by atoms with Gasteiger partial charge in [-0.25, -0.2) is 0 Å². The number of hydrogen-bond donors (Lipinski definition) is 0. The van der Waals surface area contributed by atoms with Crippen molar-refractivity contribution in [1.82, 2.24) is 4.90 Å². The standard InChI is InChI=1S/C8H11NO4.Na/c1-8(2)6(7(11)12)9-4(10)3-5(9)13-8;/h5-6H,3H2,1-2H3,(H,11,12);/q;+1/p-1. The van der Waals surface area contributed by atoms with E-state index in [1.165, 1.54) is 4.90 Å². The topological polar surface area (TPSA) is 69.7 Å². The van der Waals surface area contributed by atoms with Crippen molar-refractivity contribution in [1.29, 1.82) is 0 Å². The van der Waals surface area contributed by atoms with Crippen LogP contribution in [-0.2, 0) is 14.3 Å². The number of hydrogen-bond acceptors (Lipinski definition) is 4. The molecule has 0 N–H and O–H groups in total. The molecule has 2 saturated heterocycles. The second-order valence-electron chi connectivity index (χ2n) is 3.90. The molecule has 2 aliphatic rings. The number of carboxylic acid groups (broad SMARTS) is 1. The molecule has 2 unspecified atom stereocenters. The summed E-state index contributed by atoms with van der Waals surface area (Å²) in [5.74, 6) is -1.43. The molecule has 1 amide bonds. The molecule has 2 atom stereocenters. The van der Waals surface area contributed by atoms with Crippen LogP contribution in [0.5, 0.6) is 0 Å². The van der Waals surface area contributed by atoms with Gasteiger partial charge in [0, 0.05) is 0 Å². The van der Waals surface area contributed by atoms with E-state index in [0.717, 1.165) is 0 Å². The Morgan fingerprint density at radius 1 is 1.64 bits per heavy atom. The largest absolute Gasteiger partial charge is 1.00 e. The van der Waals surface area contributed by atoms with Crippen molar-refractivity contribution in [3.8, 4) is 0 Å². The maximum absolute atomic E-state index is 11.1. The Hall–Kier alpha value is -0.100. The van der Waals surface area contributed by atoms with Gasteiger partial charge in [0.1, 0.15) is 12.3 Å². The molecule has 2 aliphatic heterocycles. The van der Waals surface area contributed by atoms with E-state index in [0.29, 0.717) is 0 Å². The third-order valence-corrected chi connectivity index (χ3v) is 2.55. The minimum Gasteiger partial charge on any atom is -0.548 e. The molecule has 72 valence electrons. The fourth-order valence-electron chi connectivity index (χ4n) is 1.96. The SMILES string of the molecule is CC1(C)OC2CC(=O)N2C1C(=O)[O-].[Na+]. The number of ether oxygens (including phenoxy) is 1. The first-order chi connectivity index (χ1) is 5.93. The van der Waals surface area contributed by atoms with Crippen molar-refractivity contribution in [2.24, 2.45) is 0 Å². The van der Waals surface area contributed by atoms with Gasteiger partial charge in [-0.1, -0.05) is 0 Å². The van der Waals surface area contributed by atoms with E-state index in [2.05, 4.69) is 0 Å². The van der Waals surface area contributed by atoms with Gasteiger partial charge in [-0.05, 0) is 13.8 Å². The third-order valence-electron chi connectivity index (χ3n) is 2.55. The second kappa shape index (κ2) is 3.48. The Bertz CT molecular complexity index is 291. The van der Waals surface area contributed by atoms with Gasteiger partial charge in [-0.15, -0.1) is 0 Å². The predicted molar refractivity (Wildman–Crippen MR) is 39.2 cm³/mol. The first-order valence-corrected chi connectivity index (χ1v) is 4.13. The van der Waals surface area contributed by atoms with Gasteiger partial charge in [0.25, 0.3) is 0 Å². The zero-order valence-electron chi connectivity index (χ0n) is 8.44. The average molecular weight is 207 g/mol. The molecule has 0 spiro atoms. The second-order valence-corrected chi connectivity index (χ2v) is 3.90. The quantitative estimate of drug-likeness (QED) is 0.321. The monoisotopic (exact) mass is 207 g/mol. The van der Waals surface area contributed by atoms with Gasteiger partial charge in [0.05, 0.1) is 18.0 Å². The summed E-state index contributed by atoms with van der Waals surface area (Å²) in [5, 5.41) is 10.8. The third kappa shape index (κ3) is 1.48. The van der Waals surface area contributed by atoms with Crippen molar-refractivity contribution in [2.75, 3.05) is 0 Å². The summed E-state index contributed by atoms with van der Waals surface area (Å²) in [4.78, 5) is 23.1. The average Bonchev–Trinajstić information content (AvgIpc) is 2.18. The van der Waals surface area contributed by atoms with Crippen LogP contribution < -0.4 is 34.7 Å². The van der Waals surface area contributed by atoms with Crippen molar-refractivity contribution < 1.29 is 49.0 Å². The van der Waals surface area contributed by atoms with Crippen molar-refractivity contribution in [2.45, 2.75) is 38.1 Å². The normalized spacial score (nSPS) is 33.0. The summed E-state index contributed by atoms with van der Waals surface area (Å²) in [6, 6.07) is -0.946. The molecular formula is C8H10NNaO4. The van der Waals surface area contributed by atoms with Gasteiger partial charge < -0.3 is 19.5 Å². The van der Waals surface area contributed by atoms with Gasteiger partial charge in [0.15, 0.2) is 0 Å². The van der Waals surface area contributed by atoms with Crippen LogP contribution in [0, 0.1) is 0 Å². The van der Waals surface area contributed by atoms with Crippen LogP contribution in [-0.4, -0.2) is 34.6 Å². The van der Waals surface area contributed by atoms with E-state index in [1.807, 2.05) is 0 Å². The summed E-state index contributed by atoms with van der Waals surface area (Å²) in [6.45, 7) is 3.30. The Morgan fingerprint density at radius 3 is 2.57 bits per heavy atom.